The molecule has 24 heteroatoms. The topological polar surface area (TPSA) is 385 Å². The Morgan fingerprint density at radius 1 is 0.347 bits per heavy atom. The second-order valence-corrected chi connectivity index (χ2v) is 17.7. The van der Waals surface area contributed by atoms with Crippen molar-refractivity contribution in [2.45, 2.75) is 198 Å². The van der Waals surface area contributed by atoms with E-state index in [9.17, 15) is 73.2 Å². The predicted octanol–water partition coefficient (Wildman–Crippen LogP) is 0.791. The lowest BCUT2D eigenvalue weighted by molar-refractivity contribution is -0.143. The first kappa shape index (κ1) is 66.1. The molecule has 13 N–H and O–H groups in total. The molecule has 0 bridgehead atoms. The summed E-state index contributed by atoms with van der Waals surface area (Å²) < 4.78 is 0. The minimum absolute atomic E-state index is 0.0952. The van der Waals surface area contributed by atoms with Crippen LogP contribution in [0.1, 0.15) is 174 Å². The van der Waals surface area contributed by atoms with Gasteiger partial charge < -0.3 is 68.1 Å². The molecule has 8 amide bonds. The van der Waals surface area contributed by atoms with Gasteiger partial charge in [-0.1, -0.05) is 90.4 Å². The van der Waals surface area contributed by atoms with E-state index >= 15 is 0 Å². The third kappa shape index (κ3) is 36.9. The van der Waals surface area contributed by atoms with Gasteiger partial charge in [0.2, 0.25) is 47.3 Å². The number of amides is 8. The smallest absolute Gasteiger partial charge is 0.326 e. The molecule has 4 atom stereocenters. The number of hydrogen-bond acceptors (Lipinski definition) is 13. The van der Waals surface area contributed by atoms with Crippen LogP contribution in [0.2, 0.25) is 0 Å². The van der Waals surface area contributed by atoms with Crippen molar-refractivity contribution in [1.82, 2.24) is 42.5 Å². The van der Waals surface area contributed by atoms with E-state index in [1.54, 1.807) is 0 Å². The van der Waals surface area contributed by atoms with Crippen LogP contribution < -0.4 is 42.5 Å². The quantitative estimate of drug-likeness (QED) is 0.0375. The zero-order valence-electron chi connectivity index (χ0n) is 42.2. The summed E-state index contributed by atoms with van der Waals surface area (Å²) in [5.74, 6) is -9.16. The number of unbranched alkanes of at least 4 members (excludes halogenated alkanes) is 14. The standard InChI is InChI=1S/C48H84N8O16/c1-2-3-28-49-39(60)21-18-29-51-40(61)26-24-35(48(71)72)56-46(68)37(33-58)55-43(64)31-52-45(67)36(32-57)54-42(63)27-25-34(47(69)70)53-41(62)22-19-30-50-38(59)20-16-14-12-10-8-6-4-5-7-9-11-13-15-17-23-44(65)66/h34-37,57-58H,2-33H2,1H3,(H,49,60)(H,50,59)(H,51,61)(H,52,67)(H,53,62)(H,54,63)(H,55,64)(H,56,68)(H,65,66)(H,69,70)(H,71,72)/t34-,35-,36-,37-/m0/s1. The highest BCUT2D eigenvalue weighted by molar-refractivity contribution is 5.94. The van der Waals surface area contributed by atoms with Crippen molar-refractivity contribution in [2.75, 3.05) is 39.4 Å². The van der Waals surface area contributed by atoms with Gasteiger partial charge >= 0.3 is 17.9 Å². The SMILES string of the molecule is CCCCNC(=O)CCCNC(=O)CC[C@H](NC(=O)[C@H](CO)NC(=O)CNC(=O)[C@H](CO)NC(=O)CC[C@H](NC(=O)CCCNC(=O)CCCCCCCCCCCCCCCCC(=O)O)C(=O)O)C(=O)O. The molecule has 0 saturated heterocycles. The number of nitrogens with one attached hydrogen (secondary N) is 8. The monoisotopic (exact) mass is 1030 g/mol. The van der Waals surface area contributed by atoms with Crippen molar-refractivity contribution < 1.29 is 78.3 Å². The van der Waals surface area contributed by atoms with Crippen LogP contribution in [-0.4, -0.2) is 154 Å². The van der Waals surface area contributed by atoms with Crippen molar-refractivity contribution >= 4 is 65.2 Å². The van der Waals surface area contributed by atoms with Crippen LogP contribution in [0, 0.1) is 0 Å². The molecule has 0 heterocycles. The van der Waals surface area contributed by atoms with E-state index < -0.39 is 104 Å². The molecule has 0 aliphatic rings. The third-order valence-corrected chi connectivity index (χ3v) is 11.4. The van der Waals surface area contributed by atoms with Gasteiger partial charge in [-0.05, 0) is 44.9 Å². The van der Waals surface area contributed by atoms with E-state index in [4.69, 9.17) is 5.11 Å². The number of carbonyl (C=O) groups is 11. The number of carboxylic acid groups (broad SMARTS) is 3. The number of carbonyl (C=O) groups excluding carboxylic acids is 8. The summed E-state index contributed by atoms with van der Waals surface area (Å²) in [7, 11) is 0. The lowest BCUT2D eigenvalue weighted by atomic mass is 10.0. The molecule has 24 nitrogen and oxygen atoms in total. The molecule has 0 aromatic heterocycles. The van der Waals surface area contributed by atoms with E-state index in [1.807, 2.05) is 6.92 Å². The van der Waals surface area contributed by atoms with E-state index in [1.165, 1.54) is 32.1 Å². The van der Waals surface area contributed by atoms with Crippen LogP contribution in [0.25, 0.3) is 0 Å². The maximum atomic E-state index is 12.7. The van der Waals surface area contributed by atoms with Crippen LogP contribution in [-0.2, 0) is 52.7 Å². The normalized spacial score (nSPS) is 12.5. The maximum absolute atomic E-state index is 12.7. The zero-order chi connectivity index (χ0) is 53.9. The van der Waals surface area contributed by atoms with Crippen LogP contribution in [0.15, 0.2) is 0 Å². The molecule has 72 heavy (non-hydrogen) atoms. The number of aliphatic hydroxyl groups is 2. The molecule has 0 aliphatic heterocycles. The van der Waals surface area contributed by atoms with E-state index in [0.717, 1.165) is 70.6 Å². The average Bonchev–Trinajstić information content (AvgIpc) is 3.33. The average molecular weight is 1030 g/mol. The number of rotatable bonds is 46. The van der Waals surface area contributed by atoms with E-state index in [2.05, 4.69) is 42.5 Å². The number of aliphatic carboxylic acids is 3. The molecule has 0 saturated carbocycles. The highest BCUT2D eigenvalue weighted by Crippen LogP contribution is 2.14. The summed E-state index contributed by atoms with van der Waals surface area (Å²) in [6.45, 7) is 0.180. The van der Waals surface area contributed by atoms with Crippen molar-refractivity contribution in [1.29, 1.82) is 0 Å². The molecular formula is C48H84N8O16. The van der Waals surface area contributed by atoms with Gasteiger partial charge in [0.15, 0.2) is 0 Å². The van der Waals surface area contributed by atoms with Gasteiger partial charge in [0.1, 0.15) is 24.2 Å². The zero-order valence-corrected chi connectivity index (χ0v) is 42.2. The number of hydrogen-bond donors (Lipinski definition) is 13. The minimum Gasteiger partial charge on any atom is -0.481 e. The number of carboxylic acids is 3. The van der Waals surface area contributed by atoms with Gasteiger partial charge in [-0.3, -0.25) is 43.2 Å². The fraction of sp³-hybridized carbons (Fsp3) is 0.771. The van der Waals surface area contributed by atoms with Gasteiger partial charge in [0, 0.05) is 58.2 Å². The van der Waals surface area contributed by atoms with Gasteiger partial charge in [-0.2, -0.15) is 0 Å². The van der Waals surface area contributed by atoms with Gasteiger partial charge in [-0.15, -0.1) is 0 Å². The maximum Gasteiger partial charge on any atom is 0.326 e. The Balaban J connectivity index is 4.44. The summed E-state index contributed by atoms with van der Waals surface area (Å²) >= 11 is 0. The Morgan fingerprint density at radius 3 is 1.15 bits per heavy atom. The Morgan fingerprint density at radius 2 is 0.694 bits per heavy atom. The van der Waals surface area contributed by atoms with Crippen LogP contribution in [0.3, 0.4) is 0 Å². The molecule has 0 aromatic rings. The molecule has 412 valence electrons. The van der Waals surface area contributed by atoms with Crippen molar-refractivity contribution in [3.63, 3.8) is 0 Å². The van der Waals surface area contributed by atoms with Gasteiger partial charge in [0.25, 0.3) is 0 Å². The summed E-state index contributed by atoms with van der Waals surface area (Å²) in [5, 5.41) is 66.2. The molecular weight excluding hydrogens is 945 g/mol. The summed E-state index contributed by atoms with van der Waals surface area (Å²) in [4.78, 5) is 133. The largest absolute Gasteiger partial charge is 0.481 e. The van der Waals surface area contributed by atoms with Crippen molar-refractivity contribution in [3.05, 3.63) is 0 Å². The highest BCUT2D eigenvalue weighted by atomic mass is 16.4. The third-order valence-electron chi connectivity index (χ3n) is 11.4. The first-order valence-corrected chi connectivity index (χ1v) is 25.6. The second-order valence-electron chi connectivity index (χ2n) is 17.7. The summed E-state index contributed by atoms with van der Waals surface area (Å²) in [6.07, 6.45) is 16.6. The number of aliphatic hydroxyl groups excluding tert-OH is 2. The Kier molecular flexibility index (Phi) is 39.2. The fourth-order valence-corrected chi connectivity index (χ4v) is 7.10. The molecule has 0 fully saturated rings. The van der Waals surface area contributed by atoms with Crippen molar-refractivity contribution in [2.24, 2.45) is 0 Å². The Hall–Kier alpha value is -5.91. The fourth-order valence-electron chi connectivity index (χ4n) is 7.10. The summed E-state index contributed by atoms with van der Waals surface area (Å²) in [6, 6.07) is -6.33. The Bertz CT molecular complexity index is 1670. The predicted molar refractivity (Wildman–Crippen MR) is 263 cm³/mol. The molecule has 0 spiro atoms. The Labute approximate surface area is 422 Å². The van der Waals surface area contributed by atoms with Gasteiger partial charge in [0.05, 0.1) is 19.8 Å². The molecule has 0 radical (unpaired) electrons. The molecule has 0 aliphatic carbocycles. The first-order valence-electron chi connectivity index (χ1n) is 25.6. The molecule has 0 rings (SSSR count). The second kappa shape index (κ2) is 42.7. The lowest BCUT2D eigenvalue weighted by Crippen LogP contribution is -2.55. The highest BCUT2D eigenvalue weighted by Gasteiger charge is 2.28. The molecule has 0 unspecified atom stereocenters. The van der Waals surface area contributed by atoms with E-state index in [0.29, 0.717) is 19.4 Å². The van der Waals surface area contributed by atoms with Crippen LogP contribution >= 0.6 is 0 Å². The molecule has 0 aromatic carbocycles. The van der Waals surface area contributed by atoms with Crippen molar-refractivity contribution in [3.8, 4) is 0 Å². The van der Waals surface area contributed by atoms with Crippen LogP contribution in [0.5, 0.6) is 0 Å². The van der Waals surface area contributed by atoms with Crippen LogP contribution in [0.4, 0.5) is 0 Å². The van der Waals surface area contributed by atoms with E-state index in [-0.39, 0.29) is 69.8 Å². The lowest BCUT2D eigenvalue weighted by Gasteiger charge is -2.21. The summed E-state index contributed by atoms with van der Waals surface area (Å²) in [5.41, 5.74) is 0. The first-order chi connectivity index (χ1) is 34.4. The van der Waals surface area contributed by atoms with Gasteiger partial charge in [-0.25, -0.2) is 9.59 Å². The minimum atomic E-state index is -1.68.